The Kier molecular flexibility index (Phi) is 5.73. The van der Waals surface area contributed by atoms with Gasteiger partial charge in [0.2, 0.25) is 0 Å². The molecule has 2 N–H and O–H groups in total. The molecule has 0 spiro atoms. The number of para-hydroxylation sites is 1. The third kappa shape index (κ3) is 4.15. The molecule has 1 aliphatic carbocycles. The van der Waals surface area contributed by atoms with Crippen LogP contribution < -0.4 is 5.32 Å². The van der Waals surface area contributed by atoms with E-state index in [0.29, 0.717) is 6.04 Å². The van der Waals surface area contributed by atoms with Gasteiger partial charge in [-0.2, -0.15) is 0 Å². The summed E-state index contributed by atoms with van der Waals surface area (Å²) in [6.45, 7) is 0.911. The molecule has 0 aliphatic heterocycles. The maximum atomic E-state index is 12.4. The molecule has 0 unspecified atom stereocenters. The predicted molar refractivity (Wildman–Crippen MR) is 83.3 cm³/mol. The van der Waals surface area contributed by atoms with E-state index in [2.05, 4.69) is 5.32 Å². The lowest BCUT2D eigenvalue weighted by atomic mass is 10.3. The first-order valence-electron chi connectivity index (χ1n) is 7.07. The second-order valence-electron chi connectivity index (χ2n) is 4.99. The van der Waals surface area contributed by atoms with E-state index in [1.807, 2.05) is 35.4 Å². The maximum Gasteiger partial charge on any atom is 0.322 e. The maximum absolute atomic E-state index is 12.4. The zero-order valence-electron chi connectivity index (χ0n) is 11.8. The van der Waals surface area contributed by atoms with Gasteiger partial charge in [0.05, 0.1) is 5.69 Å². The minimum atomic E-state index is -0.0214. The summed E-state index contributed by atoms with van der Waals surface area (Å²) in [5, 5.41) is 11.9. The quantitative estimate of drug-likeness (QED) is 0.600. The van der Waals surface area contributed by atoms with Crippen molar-refractivity contribution >= 4 is 23.5 Å². The highest BCUT2D eigenvalue weighted by molar-refractivity contribution is 7.98. The van der Waals surface area contributed by atoms with Crippen molar-refractivity contribution in [1.29, 1.82) is 0 Å². The SMILES string of the molecule is CSc1ccccc1NC(=O)N(CCCCO)C1CC1. The number of nitrogens with one attached hydrogen (secondary N) is 1. The minimum Gasteiger partial charge on any atom is -0.396 e. The van der Waals surface area contributed by atoms with E-state index >= 15 is 0 Å². The van der Waals surface area contributed by atoms with Crippen molar-refractivity contribution in [3.8, 4) is 0 Å². The lowest BCUT2D eigenvalue weighted by Crippen LogP contribution is -2.37. The lowest BCUT2D eigenvalue weighted by molar-refractivity contribution is 0.204. The molecule has 1 aromatic rings. The van der Waals surface area contributed by atoms with Gasteiger partial charge in [0.25, 0.3) is 0 Å². The molecule has 1 aromatic carbocycles. The summed E-state index contributed by atoms with van der Waals surface area (Å²) in [5.74, 6) is 0. The van der Waals surface area contributed by atoms with Gasteiger partial charge in [-0.25, -0.2) is 4.79 Å². The number of anilines is 1. The molecule has 2 amide bonds. The van der Waals surface area contributed by atoms with Gasteiger partial charge in [-0.05, 0) is 44.1 Å². The number of hydrogen-bond acceptors (Lipinski definition) is 3. The summed E-state index contributed by atoms with van der Waals surface area (Å²) in [5.41, 5.74) is 0.873. The number of carbonyl (C=O) groups excluding carboxylic acids is 1. The highest BCUT2D eigenvalue weighted by atomic mass is 32.2. The fraction of sp³-hybridized carbons (Fsp3) is 0.533. The van der Waals surface area contributed by atoms with Crippen LogP contribution in [-0.2, 0) is 0 Å². The molecule has 4 nitrogen and oxygen atoms in total. The molecule has 0 heterocycles. The summed E-state index contributed by atoms with van der Waals surface area (Å²) in [6.07, 6.45) is 5.79. The van der Waals surface area contributed by atoms with E-state index in [9.17, 15) is 4.79 Å². The highest BCUT2D eigenvalue weighted by Gasteiger charge is 2.32. The van der Waals surface area contributed by atoms with Gasteiger partial charge in [0.1, 0.15) is 0 Å². The van der Waals surface area contributed by atoms with Crippen molar-refractivity contribution in [3.05, 3.63) is 24.3 Å². The zero-order chi connectivity index (χ0) is 14.4. The van der Waals surface area contributed by atoms with Crippen LogP contribution in [-0.4, -0.2) is 41.5 Å². The Hall–Kier alpha value is -1.20. The average molecular weight is 294 g/mol. The number of unbranched alkanes of at least 4 members (excludes halogenated alkanes) is 1. The molecule has 0 aromatic heterocycles. The smallest absolute Gasteiger partial charge is 0.322 e. The van der Waals surface area contributed by atoms with E-state index in [0.717, 1.165) is 42.8 Å². The Morgan fingerprint density at radius 2 is 2.15 bits per heavy atom. The topological polar surface area (TPSA) is 52.6 Å². The number of nitrogens with zero attached hydrogens (tertiary/aromatic N) is 1. The molecule has 2 rings (SSSR count). The molecule has 1 saturated carbocycles. The van der Waals surface area contributed by atoms with E-state index in [-0.39, 0.29) is 12.6 Å². The molecule has 20 heavy (non-hydrogen) atoms. The lowest BCUT2D eigenvalue weighted by Gasteiger charge is -2.23. The van der Waals surface area contributed by atoms with Gasteiger partial charge < -0.3 is 15.3 Å². The summed E-state index contributed by atoms with van der Waals surface area (Å²) in [6, 6.07) is 8.21. The monoisotopic (exact) mass is 294 g/mol. The number of aliphatic hydroxyl groups is 1. The number of benzene rings is 1. The molecule has 0 atom stereocenters. The van der Waals surface area contributed by atoms with Gasteiger partial charge >= 0.3 is 6.03 Å². The Labute approximate surface area is 124 Å². The fourth-order valence-electron chi connectivity index (χ4n) is 2.17. The fourth-order valence-corrected chi connectivity index (χ4v) is 2.72. The van der Waals surface area contributed by atoms with Crippen molar-refractivity contribution in [3.63, 3.8) is 0 Å². The van der Waals surface area contributed by atoms with E-state index < -0.39 is 0 Å². The number of amides is 2. The number of hydrogen-bond donors (Lipinski definition) is 2. The van der Waals surface area contributed by atoms with Crippen LogP contribution in [0.25, 0.3) is 0 Å². The van der Waals surface area contributed by atoms with E-state index in [1.165, 1.54) is 0 Å². The van der Waals surface area contributed by atoms with E-state index in [4.69, 9.17) is 5.11 Å². The van der Waals surface area contributed by atoms with Crippen LogP contribution in [0.5, 0.6) is 0 Å². The Morgan fingerprint density at radius 3 is 2.80 bits per heavy atom. The molecule has 0 saturated heterocycles. The van der Waals surface area contributed by atoms with Crippen LogP contribution in [0.15, 0.2) is 29.2 Å². The zero-order valence-corrected chi connectivity index (χ0v) is 12.7. The number of rotatable bonds is 7. The third-order valence-corrected chi connectivity index (χ3v) is 4.20. The largest absolute Gasteiger partial charge is 0.396 e. The molecule has 1 aliphatic rings. The molecule has 0 radical (unpaired) electrons. The summed E-state index contributed by atoms with van der Waals surface area (Å²) in [7, 11) is 0. The van der Waals surface area contributed by atoms with E-state index in [1.54, 1.807) is 11.8 Å². The molecular weight excluding hydrogens is 272 g/mol. The molecule has 0 bridgehead atoms. The van der Waals surface area contributed by atoms with Crippen LogP contribution >= 0.6 is 11.8 Å². The second-order valence-corrected chi connectivity index (χ2v) is 5.83. The molecule has 5 heteroatoms. The summed E-state index contributed by atoms with van der Waals surface area (Å²) < 4.78 is 0. The molecular formula is C15H22N2O2S. The minimum absolute atomic E-state index is 0.0214. The van der Waals surface area contributed by atoms with Crippen LogP contribution in [0.1, 0.15) is 25.7 Å². The highest BCUT2D eigenvalue weighted by Crippen LogP contribution is 2.29. The first kappa shape index (κ1) is 15.2. The first-order valence-corrected chi connectivity index (χ1v) is 8.30. The van der Waals surface area contributed by atoms with Crippen molar-refractivity contribution in [2.24, 2.45) is 0 Å². The molecule has 1 fully saturated rings. The number of carbonyl (C=O) groups is 1. The van der Waals surface area contributed by atoms with Crippen molar-refractivity contribution in [2.75, 3.05) is 24.7 Å². The van der Waals surface area contributed by atoms with Crippen LogP contribution in [0.2, 0.25) is 0 Å². The number of urea groups is 1. The van der Waals surface area contributed by atoms with Crippen LogP contribution in [0.4, 0.5) is 10.5 Å². The van der Waals surface area contributed by atoms with Gasteiger partial charge in [0, 0.05) is 24.1 Å². The van der Waals surface area contributed by atoms with Gasteiger partial charge in [-0.1, -0.05) is 12.1 Å². The third-order valence-electron chi connectivity index (χ3n) is 3.40. The second kappa shape index (κ2) is 7.55. The van der Waals surface area contributed by atoms with Crippen LogP contribution in [0, 0.1) is 0 Å². The standard InChI is InChI=1S/C15H22N2O2S/c1-20-14-7-3-2-6-13(14)16-15(19)17(12-8-9-12)10-4-5-11-18/h2-3,6-7,12,18H,4-5,8-11H2,1H3,(H,16,19). The van der Waals surface area contributed by atoms with Crippen molar-refractivity contribution in [1.82, 2.24) is 4.90 Å². The Morgan fingerprint density at radius 1 is 1.40 bits per heavy atom. The van der Waals surface area contributed by atoms with Crippen LogP contribution in [0.3, 0.4) is 0 Å². The predicted octanol–water partition coefficient (Wildman–Crippen LogP) is 3.18. The van der Waals surface area contributed by atoms with Crippen molar-refractivity contribution < 1.29 is 9.90 Å². The number of thioether (sulfide) groups is 1. The van der Waals surface area contributed by atoms with Crippen molar-refractivity contribution in [2.45, 2.75) is 36.6 Å². The Balaban J connectivity index is 1.97. The van der Waals surface area contributed by atoms with Gasteiger partial charge in [-0.3, -0.25) is 0 Å². The Bertz CT molecular complexity index is 449. The summed E-state index contributed by atoms with van der Waals surface area (Å²) in [4.78, 5) is 15.4. The first-order chi connectivity index (χ1) is 9.76. The van der Waals surface area contributed by atoms with Gasteiger partial charge in [-0.15, -0.1) is 11.8 Å². The number of aliphatic hydroxyl groups excluding tert-OH is 1. The summed E-state index contributed by atoms with van der Waals surface area (Å²) >= 11 is 1.63. The molecule has 110 valence electrons. The van der Waals surface area contributed by atoms with Gasteiger partial charge in [0.15, 0.2) is 0 Å². The normalized spacial score (nSPS) is 14.1. The average Bonchev–Trinajstić information content (AvgIpc) is 3.28.